The normalized spacial score (nSPS) is 10.8. The fraction of sp³-hybridized carbons (Fsp3) is 0.438. The molecule has 0 saturated carbocycles. The predicted octanol–water partition coefficient (Wildman–Crippen LogP) is 8.88. The molecule has 10 N–H and O–H groups in total. The number of unbranched alkanes of at least 4 members (excludes halogenated alkanes) is 9. The van der Waals surface area contributed by atoms with Crippen molar-refractivity contribution in [3.8, 4) is 34.5 Å². The van der Waals surface area contributed by atoms with Crippen LogP contribution in [0.2, 0.25) is 0 Å². The van der Waals surface area contributed by atoms with Crippen LogP contribution in [-0.4, -0.2) is 75.9 Å². The monoisotopic (exact) mass is 904 g/mol. The summed E-state index contributed by atoms with van der Waals surface area (Å²) in [6.45, 7) is 5.39. The number of nitrogen functional groups attached to an aromatic ring is 3. The molecule has 0 amide bonds. The van der Waals surface area contributed by atoms with Crippen molar-refractivity contribution in [2.75, 3.05) is 45.4 Å². The molecule has 4 aromatic carbocycles. The van der Waals surface area contributed by atoms with E-state index in [0.29, 0.717) is 62.8 Å². The highest BCUT2D eigenvalue weighted by Crippen LogP contribution is 2.29. The predicted molar refractivity (Wildman–Crippen MR) is 254 cm³/mol. The fourth-order valence-electron chi connectivity index (χ4n) is 6.06. The third-order valence-corrected chi connectivity index (χ3v) is 10.5. The van der Waals surface area contributed by atoms with Crippen LogP contribution < -0.4 is 45.6 Å². The van der Waals surface area contributed by atoms with Crippen LogP contribution >= 0.6 is 0 Å². The SMILES string of the molecule is CCCS(=O)(=O)O.N=C(N)c1ccc(OCCCCCCOc2cc(OCCCCCCOc3ccc(C(=N)N)cc3)cc(OCCCCCCOc3ccc(C(=N)N)cc3)c2)cc1. The highest BCUT2D eigenvalue weighted by atomic mass is 32.2. The molecule has 0 saturated heterocycles. The molecule has 64 heavy (non-hydrogen) atoms. The van der Waals surface area contributed by atoms with E-state index >= 15 is 0 Å². The highest BCUT2D eigenvalue weighted by molar-refractivity contribution is 7.85. The molecule has 0 aliphatic heterocycles. The van der Waals surface area contributed by atoms with Crippen LogP contribution in [0, 0.1) is 16.2 Å². The lowest BCUT2D eigenvalue weighted by molar-refractivity contribution is 0.269. The highest BCUT2D eigenvalue weighted by Gasteiger charge is 2.07. The average Bonchev–Trinajstić information content (AvgIpc) is 3.26. The van der Waals surface area contributed by atoms with Crippen LogP contribution in [0.5, 0.6) is 34.5 Å². The van der Waals surface area contributed by atoms with Gasteiger partial charge in [0.15, 0.2) is 0 Å². The summed E-state index contributed by atoms with van der Waals surface area (Å²) in [5, 5.41) is 22.5. The van der Waals surface area contributed by atoms with Gasteiger partial charge in [-0.1, -0.05) is 6.92 Å². The number of hydrogen-bond donors (Lipinski definition) is 7. The molecular weight excluding hydrogens is 837 g/mol. The van der Waals surface area contributed by atoms with Gasteiger partial charge in [0.05, 0.1) is 45.4 Å². The zero-order valence-corrected chi connectivity index (χ0v) is 38.0. The Hall–Kier alpha value is -6.00. The topological polar surface area (TPSA) is 259 Å². The van der Waals surface area contributed by atoms with Gasteiger partial charge in [-0.15, -0.1) is 0 Å². The van der Waals surface area contributed by atoms with Gasteiger partial charge >= 0.3 is 0 Å². The summed E-state index contributed by atoms with van der Waals surface area (Å²) in [5.41, 5.74) is 18.6. The van der Waals surface area contributed by atoms with E-state index in [1.165, 1.54) is 0 Å². The van der Waals surface area contributed by atoms with Crippen LogP contribution in [0.3, 0.4) is 0 Å². The van der Waals surface area contributed by atoms with E-state index in [-0.39, 0.29) is 23.3 Å². The molecular formula is C48H68N6O9S. The van der Waals surface area contributed by atoms with Crippen LogP contribution in [0.4, 0.5) is 0 Å². The molecule has 16 heteroatoms. The summed E-state index contributed by atoms with van der Waals surface area (Å²) in [6, 6.07) is 27.7. The number of nitrogens with two attached hydrogens (primary N) is 3. The van der Waals surface area contributed by atoms with E-state index in [1.807, 2.05) is 54.6 Å². The largest absolute Gasteiger partial charge is 0.494 e. The Morgan fingerprint density at radius 3 is 0.812 bits per heavy atom. The Morgan fingerprint density at radius 1 is 0.422 bits per heavy atom. The van der Waals surface area contributed by atoms with Crippen LogP contribution in [0.25, 0.3) is 0 Å². The second kappa shape index (κ2) is 30.1. The molecule has 0 heterocycles. The molecule has 0 atom stereocenters. The molecule has 4 aromatic rings. The van der Waals surface area contributed by atoms with Crippen molar-refractivity contribution in [2.24, 2.45) is 17.2 Å². The molecule has 0 aliphatic carbocycles. The molecule has 0 spiro atoms. The van der Waals surface area contributed by atoms with E-state index in [0.717, 1.165) is 112 Å². The zero-order valence-electron chi connectivity index (χ0n) is 37.2. The van der Waals surface area contributed by atoms with Crippen LogP contribution in [0.1, 0.15) is 107 Å². The Bertz CT molecular complexity index is 1850. The molecule has 4 rings (SSSR count). The van der Waals surface area contributed by atoms with Gasteiger partial charge in [0, 0.05) is 34.9 Å². The van der Waals surface area contributed by atoms with Gasteiger partial charge in [-0.25, -0.2) is 0 Å². The maximum Gasteiger partial charge on any atom is 0.264 e. The minimum atomic E-state index is -3.67. The smallest absolute Gasteiger partial charge is 0.264 e. The molecule has 0 fully saturated rings. The van der Waals surface area contributed by atoms with E-state index < -0.39 is 10.1 Å². The Kier molecular flexibility index (Phi) is 24.7. The Labute approximate surface area is 379 Å². The minimum absolute atomic E-state index is 0.0500. The average molecular weight is 905 g/mol. The summed E-state index contributed by atoms with van der Waals surface area (Å²) in [6.07, 6.45) is 12.3. The molecule has 15 nitrogen and oxygen atoms in total. The van der Waals surface area contributed by atoms with Crippen molar-refractivity contribution in [3.63, 3.8) is 0 Å². The maximum absolute atomic E-state index is 9.79. The number of nitrogens with one attached hydrogen (secondary N) is 3. The number of benzene rings is 4. The Balaban J connectivity index is 0.00000143. The van der Waals surface area contributed by atoms with Crippen molar-refractivity contribution in [1.29, 1.82) is 16.2 Å². The van der Waals surface area contributed by atoms with Gasteiger partial charge in [-0.05, 0) is 156 Å². The first kappa shape index (κ1) is 52.3. The van der Waals surface area contributed by atoms with Gasteiger partial charge in [0.1, 0.15) is 52.0 Å². The second-order valence-corrected chi connectivity index (χ2v) is 16.6. The van der Waals surface area contributed by atoms with E-state index in [2.05, 4.69) is 0 Å². The molecule has 0 unspecified atom stereocenters. The van der Waals surface area contributed by atoms with Gasteiger partial charge in [0.25, 0.3) is 10.1 Å². The van der Waals surface area contributed by atoms with Crippen molar-refractivity contribution < 1.29 is 41.4 Å². The minimum Gasteiger partial charge on any atom is -0.494 e. The molecule has 350 valence electrons. The first-order chi connectivity index (χ1) is 30.8. The second-order valence-electron chi connectivity index (χ2n) is 15.1. The van der Waals surface area contributed by atoms with E-state index in [9.17, 15) is 8.42 Å². The number of hydrogen-bond acceptors (Lipinski definition) is 11. The van der Waals surface area contributed by atoms with Gasteiger partial charge in [0.2, 0.25) is 0 Å². The number of amidine groups is 3. The third-order valence-electron chi connectivity index (χ3n) is 9.54. The first-order valence-corrected chi connectivity index (χ1v) is 23.6. The molecule has 0 radical (unpaired) electrons. The molecule has 0 bridgehead atoms. The summed E-state index contributed by atoms with van der Waals surface area (Å²) in [5.74, 6) is 4.57. The standard InChI is InChI=1S/C45H60N6O6.C3H8O3S/c46-43(47)34-13-19-37(20-14-34)52-25-7-1-4-10-28-55-40-31-41(56-29-11-5-2-8-26-53-38-21-15-35(16-22-38)44(48)49)33-42(32-40)57-30-12-6-3-9-27-54-39-23-17-36(18-24-39)45(50)51;1-2-3-7(4,5)6/h13-24,31-33H,1-12,25-30H2,(H3,46,47)(H3,48,49)(H3,50,51);2-3H2,1H3,(H,4,5,6). The lowest BCUT2D eigenvalue weighted by atomic mass is 10.2. The van der Waals surface area contributed by atoms with Gasteiger partial charge in [-0.2, -0.15) is 8.42 Å². The third kappa shape index (κ3) is 23.4. The summed E-state index contributed by atoms with van der Waals surface area (Å²) in [7, 11) is -3.67. The lowest BCUT2D eigenvalue weighted by Crippen LogP contribution is -2.10. The molecule has 0 aliphatic rings. The maximum atomic E-state index is 9.79. The summed E-state index contributed by atoms with van der Waals surface area (Å²) in [4.78, 5) is 0. The van der Waals surface area contributed by atoms with E-state index in [4.69, 9.17) is 66.4 Å². The number of rotatable bonds is 32. The fourth-order valence-corrected chi connectivity index (χ4v) is 6.57. The quantitative estimate of drug-likeness (QED) is 0.0105. The first-order valence-electron chi connectivity index (χ1n) is 22.0. The lowest BCUT2D eigenvalue weighted by Gasteiger charge is -2.14. The van der Waals surface area contributed by atoms with Crippen molar-refractivity contribution in [1.82, 2.24) is 0 Å². The zero-order chi connectivity index (χ0) is 46.4. The summed E-state index contributed by atoms with van der Waals surface area (Å²) >= 11 is 0. The van der Waals surface area contributed by atoms with Crippen LogP contribution in [0.15, 0.2) is 91.0 Å². The summed E-state index contributed by atoms with van der Waals surface area (Å²) < 4.78 is 63.5. The molecule has 0 aromatic heterocycles. The van der Waals surface area contributed by atoms with Gasteiger partial charge < -0.3 is 45.6 Å². The number of ether oxygens (including phenoxy) is 6. The van der Waals surface area contributed by atoms with Gasteiger partial charge in [-0.3, -0.25) is 20.8 Å². The van der Waals surface area contributed by atoms with E-state index in [1.54, 1.807) is 43.3 Å². The van der Waals surface area contributed by atoms with Crippen LogP contribution in [-0.2, 0) is 10.1 Å². The van der Waals surface area contributed by atoms with Crippen molar-refractivity contribution in [3.05, 3.63) is 108 Å². The Morgan fingerprint density at radius 2 is 0.641 bits per heavy atom. The van der Waals surface area contributed by atoms with Crippen molar-refractivity contribution >= 4 is 27.6 Å². The van der Waals surface area contributed by atoms with Crippen molar-refractivity contribution in [2.45, 2.75) is 90.4 Å².